The second-order valence-corrected chi connectivity index (χ2v) is 4.69. The zero-order chi connectivity index (χ0) is 12.1. The minimum absolute atomic E-state index is 0.140. The highest BCUT2D eigenvalue weighted by atomic mass is 32.1. The Hall–Kier alpha value is -1.43. The molecule has 17 heavy (non-hydrogen) atoms. The molecule has 0 atom stereocenters. The predicted octanol–water partition coefficient (Wildman–Crippen LogP) is 0.885. The molecule has 1 aromatic heterocycles. The fourth-order valence-electron chi connectivity index (χ4n) is 1.83. The SMILES string of the molecule is O=C(NCCCN1CCCC1=O)c1cscn1. The van der Waals surface area contributed by atoms with Gasteiger partial charge in [-0.05, 0) is 12.8 Å². The number of hydrogen-bond donors (Lipinski definition) is 1. The third-order valence-corrected chi connectivity index (χ3v) is 3.31. The molecule has 2 rings (SSSR count). The van der Waals surface area contributed by atoms with Gasteiger partial charge in [0.2, 0.25) is 5.91 Å². The van der Waals surface area contributed by atoms with Crippen molar-refractivity contribution in [3.05, 3.63) is 16.6 Å². The maximum atomic E-state index is 11.5. The summed E-state index contributed by atoms with van der Waals surface area (Å²) in [4.78, 5) is 28.6. The zero-order valence-corrected chi connectivity index (χ0v) is 10.3. The largest absolute Gasteiger partial charge is 0.351 e. The van der Waals surface area contributed by atoms with E-state index in [1.54, 1.807) is 10.9 Å². The first-order valence-electron chi connectivity index (χ1n) is 5.71. The number of likely N-dealkylation sites (tertiary alicyclic amines) is 1. The van der Waals surface area contributed by atoms with Gasteiger partial charge in [-0.1, -0.05) is 0 Å². The van der Waals surface area contributed by atoms with E-state index in [1.165, 1.54) is 11.3 Å². The van der Waals surface area contributed by atoms with Crippen molar-refractivity contribution in [1.29, 1.82) is 0 Å². The first-order valence-corrected chi connectivity index (χ1v) is 6.66. The quantitative estimate of drug-likeness (QED) is 0.793. The number of nitrogens with one attached hydrogen (secondary N) is 1. The molecular formula is C11H15N3O2S. The van der Waals surface area contributed by atoms with Crippen molar-refractivity contribution in [2.45, 2.75) is 19.3 Å². The molecule has 0 unspecified atom stereocenters. The van der Waals surface area contributed by atoms with E-state index in [1.807, 2.05) is 4.90 Å². The van der Waals surface area contributed by atoms with Crippen molar-refractivity contribution in [2.75, 3.05) is 19.6 Å². The highest BCUT2D eigenvalue weighted by molar-refractivity contribution is 7.07. The van der Waals surface area contributed by atoms with Gasteiger partial charge in [-0.25, -0.2) is 4.98 Å². The van der Waals surface area contributed by atoms with Crippen LogP contribution in [0.4, 0.5) is 0 Å². The molecule has 92 valence electrons. The van der Waals surface area contributed by atoms with Crippen LogP contribution >= 0.6 is 11.3 Å². The van der Waals surface area contributed by atoms with Crippen LogP contribution in [0.2, 0.25) is 0 Å². The fourth-order valence-corrected chi connectivity index (χ4v) is 2.36. The third-order valence-electron chi connectivity index (χ3n) is 2.73. The number of aromatic nitrogens is 1. The fraction of sp³-hybridized carbons (Fsp3) is 0.545. The number of amides is 2. The van der Waals surface area contributed by atoms with E-state index in [4.69, 9.17) is 0 Å². The summed E-state index contributed by atoms with van der Waals surface area (Å²) in [5, 5.41) is 4.51. The summed E-state index contributed by atoms with van der Waals surface area (Å²) < 4.78 is 0. The topological polar surface area (TPSA) is 62.3 Å². The average Bonchev–Trinajstić information content (AvgIpc) is 2.96. The molecule has 1 aliphatic rings. The number of hydrogen-bond acceptors (Lipinski definition) is 4. The third kappa shape index (κ3) is 3.26. The highest BCUT2D eigenvalue weighted by Gasteiger charge is 2.19. The van der Waals surface area contributed by atoms with E-state index >= 15 is 0 Å². The van der Waals surface area contributed by atoms with Crippen LogP contribution in [0.5, 0.6) is 0 Å². The molecule has 5 nitrogen and oxygen atoms in total. The van der Waals surface area contributed by atoms with Crippen LogP contribution in [0.15, 0.2) is 10.9 Å². The Morgan fingerprint density at radius 2 is 2.47 bits per heavy atom. The molecule has 0 radical (unpaired) electrons. The first-order chi connectivity index (χ1) is 8.27. The van der Waals surface area contributed by atoms with Crippen molar-refractivity contribution < 1.29 is 9.59 Å². The maximum Gasteiger partial charge on any atom is 0.270 e. The summed E-state index contributed by atoms with van der Waals surface area (Å²) in [6.07, 6.45) is 2.43. The molecule has 1 aliphatic heterocycles. The summed E-state index contributed by atoms with van der Waals surface area (Å²) >= 11 is 1.40. The van der Waals surface area contributed by atoms with Gasteiger partial charge in [0, 0.05) is 31.4 Å². The summed E-state index contributed by atoms with van der Waals surface area (Å²) in [7, 11) is 0. The molecule has 1 N–H and O–H groups in total. The van der Waals surface area contributed by atoms with E-state index in [2.05, 4.69) is 10.3 Å². The molecule has 1 aromatic rings. The lowest BCUT2D eigenvalue weighted by atomic mass is 10.3. The molecule has 0 saturated carbocycles. The van der Waals surface area contributed by atoms with Crippen LogP contribution in [-0.4, -0.2) is 41.3 Å². The van der Waals surface area contributed by atoms with Crippen molar-refractivity contribution in [1.82, 2.24) is 15.2 Å². The zero-order valence-electron chi connectivity index (χ0n) is 9.52. The van der Waals surface area contributed by atoms with Crippen molar-refractivity contribution in [3.8, 4) is 0 Å². The molecule has 2 heterocycles. The minimum atomic E-state index is -0.140. The van der Waals surface area contributed by atoms with Crippen LogP contribution in [0.3, 0.4) is 0 Å². The Morgan fingerprint density at radius 1 is 1.59 bits per heavy atom. The second-order valence-electron chi connectivity index (χ2n) is 3.97. The van der Waals surface area contributed by atoms with Crippen LogP contribution < -0.4 is 5.32 Å². The molecule has 6 heteroatoms. The number of carbonyl (C=O) groups excluding carboxylic acids is 2. The van der Waals surface area contributed by atoms with Gasteiger partial charge in [-0.3, -0.25) is 9.59 Å². The Morgan fingerprint density at radius 3 is 3.12 bits per heavy atom. The molecular weight excluding hydrogens is 238 g/mol. The average molecular weight is 253 g/mol. The first kappa shape index (κ1) is 12.0. The smallest absolute Gasteiger partial charge is 0.270 e. The predicted molar refractivity (Wildman–Crippen MR) is 64.9 cm³/mol. The number of nitrogens with zero attached hydrogens (tertiary/aromatic N) is 2. The summed E-state index contributed by atoms with van der Waals surface area (Å²) in [6.45, 7) is 2.18. The van der Waals surface area contributed by atoms with Crippen molar-refractivity contribution in [2.24, 2.45) is 0 Å². The van der Waals surface area contributed by atoms with Gasteiger partial charge in [-0.15, -0.1) is 11.3 Å². The number of rotatable bonds is 5. The van der Waals surface area contributed by atoms with Crippen LogP contribution in [0, 0.1) is 0 Å². The molecule has 2 amide bonds. The molecule has 1 fully saturated rings. The Bertz CT molecular complexity index is 391. The lowest BCUT2D eigenvalue weighted by molar-refractivity contribution is -0.127. The second kappa shape index (κ2) is 5.77. The van der Waals surface area contributed by atoms with Crippen LogP contribution in [0.25, 0.3) is 0 Å². The molecule has 0 aliphatic carbocycles. The van der Waals surface area contributed by atoms with Gasteiger partial charge >= 0.3 is 0 Å². The van der Waals surface area contributed by atoms with E-state index < -0.39 is 0 Å². The Kier molecular flexibility index (Phi) is 4.08. The maximum absolute atomic E-state index is 11.5. The van der Waals surface area contributed by atoms with Gasteiger partial charge in [0.25, 0.3) is 5.91 Å². The molecule has 0 spiro atoms. The van der Waals surface area contributed by atoms with E-state index in [-0.39, 0.29) is 11.8 Å². The Labute approximate surface area is 104 Å². The summed E-state index contributed by atoms with van der Waals surface area (Å²) in [6, 6.07) is 0. The van der Waals surface area contributed by atoms with Gasteiger partial charge in [0.15, 0.2) is 0 Å². The lowest BCUT2D eigenvalue weighted by Crippen LogP contribution is -2.30. The minimum Gasteiger partial charge on any atom is -0.351 e. The molecule has 0 bridgehead atoms. The standard InChI is InChI=1S/C11H15N3O2S/c15-10-3-1-5-14(10)6-2-4-12-11(16)9-7-17-8-13-9/h7-8H,1-6H2,(H,12,16). The normalized spacial score (nSPS) is 15.3. The molecule has 1 saturated heterocycles. The van der Waals surface area contributed by atoms with Gasteiger partial charge in [0.05, 0.1) is 5.51 Å². The lowest BCUT2D eigenvalue weighted by Gasteiger charge is -2.14. The van der Waals surface area contributed by atoms with E-state index in [0.717, 1.165) is 25.9 Å². The number of thiazole rings is 1. The van der Waals surface area contributed by atoms with Gasteiger partial charge in [-0.2, -0.15) is 0 Å². The highest BCUT2D eigenvalue weighted by Crippen LogP contribution is 2.09. The van der Waals surface area contributed by atoms with Crippen molar-refractivity contribution in [3.63, 3.8) is 0 Å². The van der Waals surface area contributed by atoms with Crippen LogP contribution in [0.1, 0.15) is 29.8 Å². The Balaban J connectivity index is 1.63. The monoisotopic (exact) mass is 253 g/mol. The van der Waals surface area contributed by atoms with Crippen LogP contribution in [-0.2, 0) is 4.79 Å². The summed E-state index contributed by atoms with van der Waals surface area (Å²) in [5.41, 5.74) is 2.10. The van der Waals surface area contributed by atoms with E-state index in [0.29, 0.717) is 18.7 Å². The van der Waals surface area contributed by atoms with Gasteiger partial charge in [0.1, 0.15) is 5.69 Å². The summed E-state index contributed by atoms with van der Waals surface area (Å²) in [5.74, 6) is 0.0924. The van der Waals surface area contributed by atoms with E-state index in [9.17, 15) is 9.59 Å². The molecule has 0 aromatic carbocycles. The van der Waals surface area contributed by atoms with Gasteiger partial charge < -0.3 is 10.2 Å². The van der Waals surface area contributed by atoms with Crippen molar-refractivity contribution >= 4 is 23.2 Å². The number of carbonyl (C=O) groups is 2.